The molecule has 2 heterocycles. The van der Waals surface area contributed by atoms with Crippen LogP contribution in [0.4, 0.5) is 10.1 Å². The minimum atomic E-state index is -0.411. The van der Waals surface area contributed by atoms with E-state index in [1.807, 2.05) is 25.1 Å². The topological polar surface area (TPSA) is 88.9 Å². The van der Waals surface area contributed by atoms with Crippen molar-refractivity contribution in [1.82, 2.24) is 20.1 Å². The smallest absolute Gasteiger partial charge is 0.291 e. The van der Waals surface area contributed by atoms with E-state index >= 15 is 0 Å². The number of anilines is 1. The van der Waals surface area contributed by atoms with E-state index in [0.717, 1.165) is 16.8 Å². The van der Waals surface area contributed by atoms with E-state index in [-0.39, 0.29) is 23.6 Å². The van der Waals surface area contributed by atoms with Gasteiger partial charge in [0.2, 0.25) is 11.7 Å². The minimum Gasteiger partial charge on any atom is -0.343 e. The van der Waals surface area contributed by atoms with Crippen molar-refractivity contribution in [3.05, 3.63) is 71.1 Å². The van der Waals surface area contributed by atoms with Crippen LogP contribution in [0.25, 0.3) is 5.69 Å². The molecule has 2 aromatic carbocycles. The number of hydrogen-bond acceptors (Lipinski definition) is 4. The van der Waals surface area contributed by atoms with Crippen LogP contribution in [0.5, 0.6) is 0 Å². The molecule has 4 rings (SSSR count). The van der Waals surface area contributed by atoms with Crippen molar-refractivity contribution in [2.24, 2.45) is 0 Å². The molecule has 8 heteroatoms. The average Bonchev–Trinajstić information content (AvgIpc) is 3.23. The number of nitrogens with one attached hydrogen (secondary N) is 2. The molecular weight excluding hydrogens is 361 g/mol. The lowest BCUT2D eigenvalue weighted by atomic mass is 10.0. The van der Waals surface area contributed by atoms with Crippen molar-refractivity contribution in [3.8, 4) is 5.69 Å². The normalized spacial score (nSPS) is 13.8. The Kier molecular flexibility index (Phi) is 4.38. The Bertz CT molecular complexity index is 1070. The molecule has 0 saturated carbocycles. The van der Waals surface area contributed by atoms with E-state index < -0.39 is 5.91 Å². The van der Waals surface area contributed by atoms with Crippen LogP contribution in [-0.4, -0.2) is 26.6 Å². The number of nitrogens with zero attached hydrogens (tertiary/aromatic N) is 3. The first kappa shape index (κ1) is 17.8. The summed E-state index contributed by atoms with van der Waals surface area (Å²) in [6.45, 7) is 3.58. The first-order chi connectivity index (χ1) is 13.4. The number of benzene rings is 2. The van der Waals surface area contributed by atoms with Gasteiger partial charge in [0.15, 0.2) is 0 Å². The SMILES string of the molecule is Cc1nc(C(=O)N[C@@H](C)c2ccc3c(c2)CC(=O)N3)nn1-c1ccc(F)cc1. The minimum absolute atomic E-state index is 0.0325. The van der Waals surface area contributed by atoms with Gasteiger partial charge >= 0.3 is 0 Å². The molecule has 0 bridgehead atoms. The molecule has 7 nitrogen and oxygen atoms in total. The third kappa shape index (κ3) is 3.36. The molecule has 2 amide bonds. The second-order valence-electron chi connectivity index (χ2n) is 6.71. The van der Waals surface area contributed by atoms with Gasteiger partial charge < -0.3 is 10.6 Å². The molecule has 28 heavy (non-hydrogen) atoms. The number of carbonyl (C=O) groups is 2. The highest BCUT2D eigenvalue weighted by Crippen LogP contribution is 2.26. The number of aromatic nitrogens is 3. The summed E-state index contributed by atoms with van der Waals surface area (Å²) >= 11 is 0. The molecule has 1 aromatic heterocycles. The second kappa shape index (κ2) is 6.88. The van der Waals surface area contributed by atoms with Crippen LogP contribution in [0.3, 0.4) is 0 Å². The zero-order chi connectivity index (χ0) is 19.8. The van der Waals surface area contributed by atoms with E-state index in [4.69, 9.17) is 0 Å². The lowest BCUT2D eigenvalue weighted by molar-refractivity contribution is -0.115. The molecule has 3 aromatic rings. The molecule has 0 aliphatic carbocycles. The molecule has 0 radical (unpaired) electrons. The maximum atomic E-state index is 13.1. The summed E-state index contributed by atoms with van der Waals surface area (Å²) < 4.78 is 14.6. The summed E-state index contributed by atoms with van der Waals surface area (Å²) in [5.41, 5.74) is 3.23. The number of carbonyl (C=O) groups excluding carboxylic acids is 2. The van der Waals surface area contributed by atoms with Gasteiger partial charge in [0.05, 0.1) is 18.2 Å². The van der Waals surface area contributed by atoms with Crippen molar-refractivity contribution in [1.29, 1.82) is 0 Å². The van der Waals surface area contributed by atoms with Gasteiger partial charge in [0.1, 0.15) is 11.6 Å². The van der Waals surface area contributed by atoms with Crippen molar-refractivity contribution in [2.45, 2.75) is 26.3 Å². The highest BCUT2D eigenvalue weighted by atomic mass is 19.1. The van der Waals surface area contributed by atoms with E-state index in [0.29, 0.717) is 17.9 Å². The van der Waals surface area contributed by atoms with Gasteiger partial charge in [-0.15, -0.1) is 5.10 Å². The molecule has 1 aliphatic heterocycles. The number of rotatable bonds is 4. The Labute approximate surface area is 160 Å². The van der Waals surface area contributed by atoms with Gasteiger partial charge in [-0.1, -0.05) is 12.1 Å². The fourth-order valence-electron chi connectivity index (χ4n) is 3.18. The number of halogens is 1. The summed E-state index contributed by atoms with van der Waals surface area (Å²) in [5, 5.41) is 9.90. The third-order valence-electron chi connectivity index (χ3n) is 4.65. The average molecular weight is 379 g/mol. The van der Waals surface area contributed by atoms with Crippen LogP contribution < -0.4 is 10.6 Å². The third-order valence-corrected chi connectivity index (χ3v) is 4.65. The fourth-order valence-corrected chi connectivity index (χ4v) is 3.18. The van der Waals surface area contributed by atoms with Gasteiger partial charge in [-0.2, -0.15) is 0 Å². The standard InChI is InChI=1S/C20H18FN5O2/c1-11(13-3-8-17-14(9-13)10-18(27)24-17)22-20(28)19-23-12(2)26(25-19)16-6-4-15(21)5-7-16/h3-9,11H,10H2,1-2H3,(H,22,28)(H,24,27)/t11-/m0/s1. The largest absolute Gasteiger partial charge is 0.343 e. The molecular formula is C20H18FN5O2. The van der Waals surface area contributed by atoms with E-state index in [1.165, 1.54) is 16.8 Å². The van der Waals surface area contributed by atoms with E-state index in [2.05, 4.69) is 20.7 Å². The lowest BCUT2D eigenvalue weighted by Crippen LogP contribution is -2.27. The van der Waals surface area contributed by atoms with Gasteiger partial charge in [-0.25, -0.2) is 14.1 Å². The quantitative estimate of drug-likeness (QED) is 0.729. The first-order valence-electron chi connectivity index (χ1n) is 8.84. The van der Waals surface area contributed by atoms with Gasteiger partial charge in [0, 0.05) is 5.69 Å². The van der Waals surface area contributed by atoms with Crippen LogP contribution in [-0.2, 0) is 11.2 Å². The van der Waals surface area contributed by atoms with Crippen molar-refractivity contribution < 1.29 is 14.0 Å². The number of amides is 2. The molecule has 142 valence electrons. The van der Waals surface area contributed by atoms with Gasteiger partial charge in [-0.05, 0) is 55.3 Å². The highest BCUT2D eigenvalue weighted by molar-refractivity contribution is 5.99. The Morgan fingerprint density at radius 2 is 2.00 bits per heavy atom. The summed E-state index contributed by atoms with van der Waals surface area (Å²) in [5.74, 6) is -0.237. The predicted molar refractivity (Wildman–Crippen MR) is 101 cm³/mol. The summed E-state index contributed by atoms with van der Waals surface area (Å²) in [4.78, 5) is 28.3. The molecule has 1 aliphatic rings. The second-order valence-corrected chi connectivity index (χ2v) is 6.71. The van der Waals surface area contributed by atoms with E-state index in [1.54, 1.807) is 19.1 Å². The number of aryl methyl sites for hydroxylation is 1. The number of hydrogen-bond donors (Lipinski definition) is 2. The van der Waals surface area contributed by atoms with Crippen LogP contribution in [0.1, 0.15) is 40.5 Å². The van der Waals surface area contributed by atoms with E-state index in [9.17, 15) is 14.0 Å². The Morgan fingerprint density at radius 1 is 1.25 bits per heavy atom. The summed E-state index contributed by atoms with van der Waals surface area (Å²) in [7, 11) is 0. The predicted octanol–water partition coefficient (Wildman–Crippen LogP) is 2.70. The molecule has 0 spiro atoms. The van der Waals surface area contributed by atoms with Crippen molar-refractivity contribution in [3.63, 3.8) is 0 Å². The Hall–Kier alpha value is -3.55. The zero-order valence-electron chi connectivity index (χ0n) is 15.4. The summed E-state index contributed by atoms with van der Waals surface area (Å²) in [6, 6.07) is 11.1. The molecule has 2 N–H and O–H groups in total. The maximum Gasteiger partial charge on any atom is 0.291 e. The van der Waals surface area contributed by atoms with Gasteiger partial charge in [-0.3, -0.25) is 9.59 Å². The molecule has 0 saturated heterocycles. The van der Waals surface area contributed by atoms with Crippen LogP contribution in [0.15, 0.2) is 42.5 Å². The molecule has 0 unspecified atom stereocenters. The van der Waals surface area contributed by atoms with Crippen LogP contribution in [0.2, 0.25) is 0 Å². The summed E-state index contributed by atoms with van der Waals surface area (Å²) in [6.07, 6.45) is 0.340. The Morgan fingerprint density at radius 3 is 2.75 bits per heavy atom. The molecule has 0 fully saturated rings. The highest BCUT2D eigenvalue weighted by Gasteiger charge is 2.21. The van der Waals surface area contributed by atoms with Crippen LogP contribution >= 0.6 is 0 Å². The fraction of sp³-hybridized carbons (Fsp3) is 0.200. The lowest BCUT2D eigenvalue weighted by Gasteiger charge is -2.14. The monoisotopic (exact) mass is 379 g/mol. The van der Waals surface area contributed by atoms with Crippen molar-refractivity contribution in [2.75, 3.05) is 5.32 Å². The maximum absolute atomic E-state index is 13.1. The zero-order valence-corrected chi connectivity index (χ0v) is 15.4. The number of fused-ring (bicyclic) bond motifs is 1. The van der Waals surface area contributed by atoms with Gasteiger partial charge in [0.25, 0.3) is 5.91 Å². The molecule has 1 atom stereocenters. The Balaban J connectivity index is 1.51. The first-order valence-corrected chi connectivity index (χ1v) is 8.84. The van der Waals surface area contributed by atoms with Crippen LogP contribution in [0, 0.1) is 12.7 Å². The van der Waals surface area contributed by atoms with Crippen molar-refractivity contribution >= 4 is 17.5 Å².